The van der Waals surface area contributed by atoms with E-state index < -0.39 is 82.5 Å². The van der Waals surface area contributed by atoms with Crippen LogP contribution in [0.4, 0.5) is 26.3 Å². The predicted molar refractivity (Wildman–Crippen MR) is 137 cm³/mol. The maximum Gasteiger partial charge on any atom is 0.416 e. The molecule has 3 N–H and O–H groups in total. The van der Waals surface area contributed by atoms with Crippen LogP contribution >= 0.6 is 0 Å². The number of hydrogen-bond acceptors (Lipinski definition) is 8. The van der Waals surface area contributed by atoms with Crippen molar-refractivity contribution in [1.29, 1.82) is 0 Å². The minimum Gasteiger partial charge on any atom is -0.480 e. The van der Waals surface area contributed by atoms with Crippen molar-refractivity contribution >= 4 is 27.9 Å². The molecule has 2 rings (SSSR count). The normalized spacial score (nSPS) is 18.7. The highest BCUT2D eigenvalue weighted by Gasteiger charge is 2.39. The summed E-state index contributed by atoms with van der Waals surface area (Å²) in [5.74, 6) is -3.66. The molecule has 43 heavy (non-hydrogen) atoms. The molecular formula is C24H32F6N4O8S. The minimum absolute atomic E-state index is 0.0386. The van der Waals surface area contributed by atoms with Gasteiger partial charge in [0.25, 0.3) is 0 Å². The van der Waals surface area contributed by atoms with E-state index in [1.807, 2.05) is 0 Å². The number of benzene rings is 1. The third-order valence-electron chi connectivity index (χ3n) is 6.50. The topological polar surface area (TPSA) is 159 Å². The molecule has 1 aliphatic rings. The summed E-state index contributed by atoms with van der Waals surface area (Å²) >= 11 is 0. The molecule has 12 nitrogen and oxygen atoms in total. The van der Waals surface area contributed by atoms with Gasteiger partial charge in [-0.1, -0.05) is 0 Å². The zero-order valence-electron chi connectivity index (χ0n) is 22.8. The number of sulfonamides is 1. The number of hydrogen-bond donors (Lipinski definition) is 3. The van der Waals surface area contributed by atoms with Gasteiger partial charge in [0.1, 0.15) is 0 Å². The first-order valence-electron chi connectivity index (χ1n) is 12.9. The Kier molecular flexibility index (Phi) is 12.7. The number of alkyl halides is 6. The average molecular weight is 651 g/mol. The van der Waals surface area contributed by atoms with Crippen molar-refractivity contribution in [3.63, 3.8) is 0 Å². The maximum atomic E-state index is 13.5. The van der Waals surface area contributed by atoms with E-state index >= 15 is 0 Å². The van der Waals surface area contributed by atoms with Gasteiger partial charge in [-0.2, -0.15) is 30.6 Å². The SMILES string of the molecule is O=C(O)CN1CCCN(CC(=O)O)CCN(S(=O)(=O)c2cc(C(F)(F)F)cc(C(F)(F)F)c2)CCCN(CC(=O)O)CC1. The van der Waals surface area contributed by atoms with Gasteiger partial charge in [0, 0.05) is 52.4 Å². The molecule has 0 unspecified atom stereocenters. The van der Waals surface area contributed by atoms with Crippen LogP contribution in [0.3, 0.4) is 0 Å². The summed E-state index contributed by atoms with van der Waals surface area (Å²) in [6.45, 7) is -2.37. The molecule has 1 aromatic rings. The fourth-order valence-corrected chi connectivity index (χ4v) is 6.03. The van der Waals surface area contributed by atoms with Crippen molar-refractivity contribution < 1.29 is 64.5 Å². The molecular weight excluding hydrogens is 618 g/mol. The Balaban J connectivity index is 2.48. The predicted octanol–water partition coefficient (Wildman–Crippen LogP) is 1.67. The van der Waals surface area contributed by atoms with Crippen LogP contribution in [0.5, 0.6) is 0 Å². The number of carboxylic acids is 3. The first kappa shape index (κ1) is 36.2. The number of aliphatic carboxylic acids is 3. The van der Waals surface area contributed by atoms with Gasteiger partial charge >= 0.3 is 30.3 Å². The standard InChI is InChI=1S/C24H32F6N4O8S/c25-23(26,27)17-11-18(24(28,29)30)13-19(12-17)43(41,42)34-6-2-5-32(15-21(37)38)8-7-31(14-20(35)36)3-1-4-33(9-10-34)16-22(39)40/h11-13H,1-10,14-16H2,(H,35,36)(H,37,38)(H,39,40). The molecule has 244 valence electrons. The zero-order chi connectivity index (χ0) is 32.6. The number of carbonyl (C=O) groups is 3. The molecule has 0 spiro atoms. The molecule has 19 heteroatoms. The van der Waals surface area contributed by atoms with E-state index in [2.05, 4.69) is 0 Å². The lowest BCUT2D eigenvalue weighted by atomic mass is 10.1. The Bertz CT molecular complexity index is 1210. The quantitative estimate of drug-likeness (QED) is 0.352. The van der Waals surface area contributed by atoms with Gasteiger partial charge < -0.3 is 15.3 Å². The van der Waals surface area contributed by atoms with Crippen molar-refractivity contribution in [2.45, 2.75) is 30.1 Å². The molecule has 1 aromatic carbocycles. The number of carboxylic acid groups (broad SMARTS) is 3. The van der Waals surface area contributed by atoms with Crippen LogP contribution in [-0.4, -0.2) is 133 Å². The van der Waals surface area contributed by atoms with Crippen LogP contribution in [0, 0.1) is 0 Å². The molecule has 1 fully saturated rings. The van der Waals surface area contributed by atoms with Gasteiger partial charge in [-0.05, 0) is 31.0 Å². The third kappa shape index (κ3) is 11.9. The van der Waals surface area contributed by atoms with Crippen LogP contribution in [-0.2, 0) is 36.8 Å². The average Bonchev–Trinajstić information content (AvgIpc) is 2.85. The fourth-order valence-electron chi connectivity index (χ4n) is 4.48. The van der Waals surface area contributed by atoms with Crippen LogP contribution in [0.1, 0.15) is 24.0 Å². The van der Waals surface area contributed by atoms with E-state index in [1.165, 1.54) is 14.7 Å². The van der Waals surface area contributed by atoms with Gasteiger partial charge in [0.2, 0.25) is 10.0 Å². The van der Waals surface area contributed by atoms with Gasteiger partial charge in [-0.25, -0.2) is 8.42 Å². The molecule has 0 bridgehead atoms. The lowest BCUT2D eigenvalue weighted by molar-refractivity contribution is -0.144. The summed E-state index contributed by atoms with van der Waals surface area (Å²) in [4.78, 5) is 37.1. The first-order valence-corrected chi connectivity index (χ1v) is 14.3. The summed E-state index contributed by atoms with van der Waals surface area (Å²) in [5.41, 5.74) is -3.65. The largest absolute Gasteiger partial charge is 0.480 e. The Labute approximate surface area is 243 Å². The summed E-state index contributed by atoms with van der Waals surface area (Å²) in [7, 11) is -5.00. The number of halogens is 6. The van der Waals surface area contributed by atoms with Crippen LogP contribution < -0.4 is 0 Å². The van der Waals surface area contributed by atoms with Crippen LogP contribution in [0.2, 0.25) is 0 Å². The summed E-state index contributed by atoms with van der Waals surface area (Å²) in [6, 6.07) is -0.00869. The smallest absolute Gasteiger partial charge is 0.416 e. The number of nitrogens with zero attached hydrogens (tertiary/aromatic N) is 4. The highest BCUT2D eigenvalue weighted by atomic mass is 32.2. The Morgan fingerprint density at radius 2 is 0.953 bits per heavy atom. The first-order chi connectivity index (χ1) is 19.8. The minimum atomic E-state index is -5.30. The van der Waals surface area contributed by atoms with Crippen LogP contribution in [0.25, 0.3) is 0 Å². The number of rotatable bonds is 8. The maximum absolute atomic E-state index is 13.5. The van der Waals surface area contributed by atoms with Gasteiger partial charge in [0.15, 0.2) is 0 Å². The Morgan fingerprint density at radius 1 is 0.605 bits per heavy atom. The highest BCUT2D eigenvalue weighted by Crippen LogP contribution is 2.37. The van der Waals surface area contributed by atoms with E-state index in [9.17, 15) is 64.5 Å². The van der Waals surface area contributed by atoms with Gasteiger partial charge in [-0.15, -0.1) is 0 Å². The molecule has 1 saturated heterocycles. The van der Waals surface area contributed by atoms with Crippen molar-refractivity contribution in [3.8, 4) is 0 Å². The second-order valence-corrected chi connectivity index (χ2v) is 11.8. The van der Waals surface area contributed by atoms with Crippen LogP contribution in [0.15, 0.2) is 23.1 Å². The molecule has 1 heterocycles. The highest BCUT2D eigenvalue weighted by molar-refractivity contribution is 7.89. The van der Waals surface area contributed by atoms with Gasteiger partial charge in [-0.3, -0.25) is 29.1 Å². The van der Waals surface area contributed by atoms with Gasteiger partial charge in [0.05, 0.1) is 35.7 Å². The molecule has 0 saturated carbocycles. The van der Waals surface area contributed by atoms with Crippen molar-refractivity contribution in [3.05, 3.63) is 29.3 Å². The summed E-state index contributed by atoms with van der Waals surface area (Å²) < 4.78 is 108. The molecule has 0 radical (unpaired) electrons. The molecule has 0 atom stereocenters. The molecule has 0 aromatic heterocycles. The van der Waals surface area contributed by atoms with Crippen molar-refractivity contribution in [2.75, 3.05) is 72.0 Å². The second kappa shape index (κ2) is 15.1. The van der Waals surface area contributed by atoms with Crippen molar-refractivity contribution in [1.82, 2.24) is 19.0 Å². The monoisotopic (exact) mass is 650 g/mol. The van der Waals surface area contributed by atoms with E-state index in [0.29, 0.717) is 4.31 Å². The van der Waals surface area contributed by atoms with Crippen molar-refractivity contribution in [2.24, 2.45) is 0 Å². The molecule has 1 aliphatic heterocycles. The summed E-state index contributed by atoms with van der Waals surface area (Å²) in [6.07, 6.45) is -10.5. The second-order valence-electron chi connectivity index (χ2n) is 9.86. The van der Waals surface area contributed by atoms with E-state index in [4.69, 9.17) is 0 Å². The van der Waals surface area contributed by atoms with E-state index in [0.717, 1.165) is 0 Å². The third-order valence-corrected chi connectivity index (χ3v) is 8.38. The fraction of sp³-hybridized carbons (Fsp3) is 0.625. The van der Waals surface area contributed by atoms with E-state index in [-0.39, 0.29) is 76.9 Å². The molecule has 0 amide bonds. The zero-order valence-corrected chi connectivity index (χ0v) is 23.6. The molecule has 0 aliphatic carbocycles. The Hall–Kier alpha value is -3.00. The van der Waals surface area contributed by atoms with E-state index in [1.54, 1.807) is 0 Å². The summed E-state index contributed by atoms with van der Waals surface area (Å²) in [5, 5.41) is 27.8. The lowest BCUT2D eigenvalue weighted by Crippen LogP contribution is -2.45. The Morgan fingerprint density at radius 3 is 1.30 bits per heavy atom. The lowest BCUT2D eigenvalue weighted by Gasteiger charge is -2.30.